The lowest BCUT2D eigenvalue weighted by Crippen LogP contribution is -2.19. The number of benzene rings is 3. The molecule has 0 spiro atoms. The van der Waals surface area contributed by atoms with Crippen molar-refractivity contribution in [2.75, 3.05) is 17.7 Å². The maximum atomic E-state index is 13.2. The lowest BCUT2D eigenvalue weighted by molar-refractivity contribution is -0.132. The molecule has 0 saturated carbocycles. The number of hydrogen-bond acceptors (Lipinski definition) is 5. The van der Waals surface area contributed by atoms with Crippen molar-refractivity contribution in [2.45, 2.75) is 17.1 Å². The third-order valence-corrected chi connectivity index (χ3v) is 6.00. The first-order chi connectivity index (χ1) is 16.4. The number of carbonyl (C=O) groups is 3. The van der Waals surface area contributed by atoms with Crippen molar-refractivity contribution < 1.29 is 24.2 Å². The average molecular weight is 477 g/mol. The predicted octanol–water partition coefficient (Wildman–Crippen LogP) is 5.14. The number of carbonyl (C=O) groups excluding carboxylic acids is 2. The van der Waals surface area contributed by atoms with E-state index in [1.54, 1.807) is 55.6 Å². The zero-order chi connectivity index (χ0) is 24.5. The highest BCUT2D eigenvalue weighted by Crippen LogP contribution is 2.37. The Morgan fingerprint density at radius 3 is 2.26 bits per heavy atom. The van der Waals surface area contributed by atoms with Crippen LogP contribution in [0.2, 0.25) is 0 Å². The van der Waals surface area contributed by atoms with Crippen molar-refractivity contribution in [2.24, 2.45) is 0 Å². The van der Waals surface area contributed by atoms with Crippen LogP contribution in [0.1, 0.15) is 17.7 Å². The summed E-state index contributed by atoms with van der Waals surface area (Å²) < 4.78 is 5.23. The number of nitrogens with one attached hydrogen (secondary N) is 2. The standard InChI is InChI=1S/C26H24N2O5S/c1-17(26(31)32)15-23(29)27-19-11-13-22(14-12-19)34-24(18-7-4-3-5-8-18)25(30)28-20-9-6-10-21(16-20)33-2/h3-16,24H,1-2H3,(H,27,29)(H,28,30)(H,31,32)/b17-15+/t24-/m1/s1. The molecule has 7 nitrogen and oxygen atoms in total. The third kappa shape index (κ3) is 6.98. The van der Waals surface area contributed by atoms with Crippen LogP contribution in [0.4, 0.5) is 11.4 Å². The number of amides is 2. The smallest absolute Gasteiger partial charge is 0.331 e. The molecule has 3 N–H and O–H groups in total. The van der Waals surface area contributed by atoms with Gasteiger partial charge in [0.25, 0.3) is 0 Å². The number of methoxy groups -OCH3 is 1. The Bertz CT molecular complexity index is 1190. The summed E-state index contributed by atoms with van der Waals surface area (Å²) in [5, 5.41) is 13.9. The number of carboxylic acid groups (broad SMARTS) is 1. The minimum Gasteiger partial charge on any atom is -0.497 e. The van der Waals surface area contributed by atoms with Crippen molar-refractivity contribution >= 4 is 40.9 Å². The van der Waals surface area contributed by atoms with Gasteiger partial charge in [0.1, 0.15) is 11.0 Å². The van der Waals surface area contributed by atoms with Gasteiger partial charge in [0.05, 0.1) is 7.11 Å². The fourth-order valence-electron chi connectivity index (χ4n) is 3.00. The van der Waals surface area contributed by atoms with Crippen molar-refractivity contribution in [3.05, 3.63) is 96.1 Å². The van der Waals surface area contributed by atoms with Crippen LogP contribution in [-0.4, -0.2) is 30.0 Å². The molecule has 3 aromatic carbocycles. The predicted molar refractivity (Wildman–Crippen MR) is 133 cm³/mol. The van der Waals surface area contributed by atoms with Crippen LogP contribution < -0.4 is 15.4 Å². The van der Waals surface area contributed by atoms with Gasteiger partial charge in [-0.3, -0.25) is 9.59 Å². The van der Waals surface area contributed by atoms with Gasteiger partial charge < -0.3 is 20.5 Å². The van der Waals surface area contributed by atoms with Gasteiger partial charge in [-0.25, -0.2) is 4.79 Å². The monoisotopic (exact) mass is 476 g/mol. The molecule has 0 heterocycles. The number of aliphatic carboxylic acids is 1. The number of thioether (sulfide) groups is 1. The highest BCUT2D eigenvalue weighted by molar-refractivity contribution is 8.00. The Hall–Kier alpha value is -4.04. The van der Waals surface area contributed by atoms with E-state index in [0.717, 1.165) is 16.5 Å². The molecule has 0 radical (unpaired) electrons. The molecule has 0 unspecified atom stereocenters. The van der Waals surface area contributed by atoms with E-state index in [4.69, 9.17) is 9.84 Å². The Morgan fingerprint density at radius 2 is 1.62 bits per heavy atom. The van der Waals surface area contributed by atoms with E-state index >= 15 is 0 Å². The average Bonchev–Trinajstić information content (AvgIpc) is 2.84. The Morgan fingerprint density at radius 1 is 0.912 bits per heavy atom. The van der Waals surface area contributed by atoms with Crippen molar-refractivity contribution in [1.29, 1.82) is 0 Å². The van der Waals surface area contributed by atoms with Gasteiger partial charge in [-0.2, -0.15) is 0 Å². The summed E-state index contributed by atoms with van der Waals surface area (Å²) in [6, 6.07) is 23.6. The molecule has 0 fully saturated rings. The highest BCUT2D eigenvalue weighted by atomic mass is 32.2. The van der Waals surface area contributed by atoms with Crippen LogP contribution in [0.3, 0.4) is 0 Å². The van der Waals surface area contributed by atoms with Crippen molar-refractivity contribution in [1.82, 2.24) is 0 Å². The summed E-state index contributed by atoms with van der Waals surface area (Å²) in [4.78, 5) is 36.9. The van der Waals surface area contributed by atoms with E-state index in [2.05, 4.69) is 10.6 Å². The van der Waals surface area contributed by atoms with E-state index in [9.17, 15) is 14.4 Å². The van der Waals surface area contributed by atoms with Crippen LogP contribution in [0.25, 0.3) is 0 Å². The Labute approximate surface area is 201 Å². The van der Waals surface area contributed by atoms with Crippen LogP contribution in [0.15, 0.2) is 95.4 Å². The minimum atomic E-state index is -1.15. The van der Waals surface area contributed by atoms with Gasteiger partial charge in [0.15, 0.2) is 0 Å². The molecule has 3 rings (SSSR count). The molecule has 1 atom stereocenters. The quantitative estimate of drug-likeness (QED) is 0.292. The zero-order valence-corrected chi connectivity index (χ0v) is 19.5. The molecule has 0 aliphatic carbocycles. The van der Waals surface area contributed by atoms with Gasteiger partial charge in [-0.1, -0.05) is 36.4 Å². The third-order valence-electron chi connectivity index (χ3n) is 4.74. The SMILES string of the molecule is COc1cccc(NC(=O)[C@H](Sc2ccc(NC(=O)/C=C(\C)C(=O)O)cc2)c2ccccc2)c1. The lowest BCUT2D eigenvalue weighted by Gasteiger charge is -2.17. The normalized spacial score (nSPS) is 11.9. The molecule has 2 amide bonds. The number of hydrogen-bond donors (Lipinski definition) is 3. The molecule has 174 valence electrons. The molecule has 8 heteroatoms. The number of carboxylic acids is 1. The van der Waals surface area contributed by atoms with Gasteiger partial charge in [0.2, 0.25) is 11.8 Å². The molecule has 0 bridgehead atoms. The van der Waals surface area contributed by atoms with Crippen molar-refractivity contribution in [3.8, 4) is 5.75 Å². The first-order valence-electron chi connectivity index (χ1n) is 10.3. The van der Waals surface area contributed by atoms with Gasteiger partial charge >= 0.3 is 5.97 Å². The molecular formula is C26H24N2O5S. The lowest BCUT2D eigenvalue weighted by atomic mass is 10.1. The fourth-order valence-corrected chi connectivity index (χ4v) is 4.02. The number of anilines is 2. The largest absolute Gasteiger partial charge is 0.497 e. The van der Waals surface area contributed by atoms with Crippen LogP contribution in [0.5, 0.6) is 5.75 Å². The van der Waals surface area contributed by atoms with E-state index < -0.39 is 17.1 Å². The minimum absolute atomic E-state index is 0.0579. The number of rotatable bonds is 9. The van der Waals surface area contributed by atoms with Gasteiger partial charge in [-0.05, 0) is 48.9 Å². The topological polar surface area (TPSA) is 105 Å². The van der Waals surface area contributed by atoms with E-state index in [1.807, 2.05) is 30.3 Å². The molecule has 0 aliphatic heterocycles. The van der Waals surface area contributed by atoms with Crippen LogP contribution >= 0.6 is 11.8 Å². The maximum absolute atomic E-state index is 13.2. The molecule has 3 aromatic rings. The zero-order valence-electron chi connectivity index (χ0n) is 18.6. The second kappa shape index (κ2) is 11.7. The molecular weight excluding hydrogens is 452 g/mol. The molecule has 0 aliphatic rings. The van der Waals surface area contributed by atoms with E-state index in [0.29, 0.717) is 17.1 Å². The molecule has 0 aromatic heterocycles. The Balaban J connectivity index is 1.75. The van der Waals surface area contributed by atoms with Gasteiger partial charge in [-0.15, -0.1) is 11.8 Å². The van der Waals surface area contributed by atoms with E-state index in [-0.39, 0.29) is 11.5 Å². The maximum Gasteiger partial charge on any atom is 0.331 e. The summed E-state index contributed by atoms with van der Waals surface area (Å²) in [7, 11) is 1.57. The fraction of sp³-hybridized carbons (Fsp3) is 0.115. The highest BCUT2D eigenvalue weighted by Gasteiger charge is 2.22. The van der Waals surface area contributed by atoms with Crippen LogP contribution in [-0.2, 0) is 14.4 Å². The molecule has 34 heavy (non-hydrogen) atoms. The molecule has 0 saturated heterocycles. The summed E-state index contributed by atoms with van der Waals surface area (Å²) >= 11 is 1.38. The Kier molecular flexibility index (Phi) is 8.48. The second-order valence-electron chi connectivity index (χ2n) is 7.28. The number of ether oxygens (including phenoxy) is 1. The summed E-state index contributed by atoms with van der Waals surface area (Å²) in [6.07, 6.45) is 1.03. The first kappa shape index (κ1) is 24.6. The summed E-state index contributed by atoms with van der Waals surface area (Å²) in [5.41, 5.74) is 1.94. The first-order valence-corrected chi connectivity index (χ1v) is 11.2. The summed E-state index contributed by atoms with van der Waals surface area (Å²) in [5.74, 6) is -1.22. The van der Waals surface area contributed by atoms with Gasteiger partial charge in [0, 0.05) is 34.0 Å². The second-order valence-corrected chi connectivity index (χ2v) is 8.45. The summed E-state index contributed by atoms with van der Waals surface area (Å²) in [6.45, 7) is 1.35. The van der Waals surface area contributed by atoms with E-state index in [1.165, 1.54) is 18.7 Å². The van der Waals surface area contributed by atoms with Crippen LogP contribution in [0, 0.1) is 0 Å². The van der Waals surface area contributed by atoms with Crippen molar-refractivity contribution in [3.63, 3.8) is 0 Å².